The second-order valence-electron chi connectivity index (χ2n) is 3.44. The minimum absolute atomic E-state index is 0.298. The first-order valence-electron chi connectivity index (χ1n) is 5.25. The van der Waals surface area contributed by atoms with Crippen LogP contribution in [0.4, 0.5) is 0 Å². The van der Waals surface area contributed by atoms with E-state index in [-0.39, 0.29) is 5.97 Å². The lowest BCUT2D eigenvalue weighted by atomic mass is 9.93. The average Bonchev–Trinajstić information content (AvgIpc) is 2.39. The van der Waals surface area contributed by atoms with E-state index >= 15 is 0 Å². The molecule has 17 heavy (non-hydrogen) atoms. The maximum absolute atomic E-state index is 11.6. The minimum atomic E-state index is -0.504. The lowest BCUT2D eigenvalue weighted by Gasteiger charge is -2.15. The zero-order chi connectivity index (χ0) is 12.8. The van der Waals surface area contributed by atoms with E-state index in [9.17, 15) is 9.59 Å². The number of hydrogen-bond acceptors (Lipinski definition) is 5. The zero-order valence-corrected chi connectivity index (χ0v) is 10.1. The summed E-state index contributed by atoms with van der Waals surface area (Å²) in [5.74, 6) is -1.35. The maximum Gasteiger partial charge on any atom is 0.339 e. The Morgan fingerprint density at radius 2 is 2.06 bits per heavy atom. The van der Waals surface area contributed by atoms with E-state index in [1.165, 1.54) is 26.6 Å². The lowest BCUT2D eigenvalue weighted by Crippen LogP contribution is -2.17. The van der Waals surface area contributed by atoms with Gasteiger partial charge in [-0.3, -0.25) is 9.78 Å². The van der Waals surface area contributed by atoms with Crippen LogP contribution >= 0.6 is 0 Å². The molecular weight excluding hydrogens is 222 g/mol. The fourth-order valence-corrected chi connectivity index (χ4v) is 1.65. The van der Waals surface area contributed by atoms with Crippen LogP contribution < -0.4 is 0 Å². The van der Waals surface area contributed by atoms with Crippen LogP contribution in [-0.2, 0) is 14.3 Å². The molecule has 1 aromatic rings. The molecule has 0 aliphatic heterocycles. The van der Waals surface area contributed by atoms with Crippen molar-refractivity contribution in [1.82, 2.24) is 4.98 Å². The van der Waals surface area contributed by atoms with Crippen LogP contribution in [0.15, 0.2) is 18.5 Å². The topological polar surface area (TPSA) is 65.5 Å². The number of aromatic nitrogens is 1. The molecule has 0 amide bonds. The van der Waals surface area contributed by atoms with Gasteiger partial charge in [-0.1, -0.05) is 6.92 Å². The van der Waals surface area contributed by atoms with Gasteiger partial charge in [-0.25, -0.2) is 4.79 Å². The average molecular weight is 237 g/mol. The van der Waals surface area contributed by atoms with Crippen LogP contribution in [0, 0.1) is 0 Å². The molecule has 1 atom stereocenters. The Morgan fingerprint density at radius 1 is 1.35 bits per heavy atom. The second kappa shape index (κ2) is 5.98. The van der Waals surface area contributed by atoms with Crippen molar-refractivity contribution in [2.45, 2.75) is 19.3 Å². The number of carbonyl (C=O) groups excluding carboxylic acids is 2. The molecule has 5 nitrogen and oxygen atoms in total. The molecule has 0 fully saturated rings. The lowest BCUT2D eigenvalue weighted by molar-refractivity contribution is -0.142. The van der Waals surface area contributed by atoms with Gasteiger partial charge in [-0.15, -0.1) is 0 Å². The summed E-state index contributed by atoms with van der Waals surface area (Å²) in [7, 11) is 2.61. The molecule has 0 aromatic carbocycles. The van der Waals surface area contributed by atoms with E-state index in [1.807, 2.05) is 6.92 Å². The van der Waals surface area contributed by atoms with Gasteiger partial charge in [-0.05, 0) is 18.1 Å². The molecule has 1 rings (SSSR count). The number of hydrogen-bond donors (Lipinski definition) is 0. The number of methoxy groups -OCH3 is 2. The van der Waals surface area contributed by atoms with Crippen molar-refractivity contribution in [3.63, 3.8) is 0 Å². The number of rotatable bonds is 4. The standard InChI is InChI=1S/C12H15NO4/c1-4-8(11(14)16-2)9-5-6-13-7-10(9)12(15)17-3/h5-8H,4H2,1-3H3. The highest BCUT2D eigenvalue weighted by atomic mass is 16.5. The zero-order valence-electron chi connectivity index (χ0n) is 10.1. The van der Waals surface area contributed by atoms with Crippen molar-refractivity contribution < 1.29 is 19.1 Å². The molecule has 0 aliphatic carbocycles. The highest BCUT2D eigenvalue weighted by Crippen LogP contribution is 2.24. The first kappa shape index (κ1) is 13.2. The van der Waals surface area contributed by atoms with Gasteiger partial charge < -0.3 is 9.47 Å². The molecule has 0 saturated heterocycles. The van der Waals surface area contributed by atoms with E-state index in [4.69, 9.17) is 4.74 Å². The SMILES string of the molecule is CCC(C(=O)OC)c1ccncc1C(=O)OC. The molecule has 0 N–H and O–H groups in total. The highest BCUT2D eigenvalue weighted by Gasteiger charge is 2.25. The van der Waals surface area contributed by atoms with Gasteiger partial charge in [-0.2, -0.15) is 0 Å². The van der Waals surface area contributed by atoms with Crippen molar-refractivity contribution in [1.29, 1.82) is 0 Å². The Morgan fingerprint density at radius 3 is 2.59 bits per heavy atom. The summed E-state index contributed by atoms with van der Waals surface area (Å²) in [6.45, 7) is 1.85. The normalized spacial score (nSPS) is 11.7. The largest absolute Gasteiger partial charge is 0.469 e. The van der Waals surface area contributed by atoms with Gasteiger partial charge in [0.05, 0.1) is 25.7 Å². The molecule has 0 spiro atoms. The van der Waals surface area contributed by atoms with E-state index in [0.717, 1.165) is 0 Å². The highest BCUT2D eigenvalue weighted by molar-refractivity contribution is 5.93. The quantitative estimate of drug-likeness (QED) is 0.743. The van der Waals surface area contributed by atoms with Gasteiger partial charge in [0.2, 0.25) is 0 Å². The summed E-state index contributed by atoms with van der Waals surface area (Å²) in [5, 5.41) is 0. The third-order valence-corrected chi connectivity index (χ3v) is 2.53. The van der Waals surface area contributed by atoms with E-state index in [2.05, 4.69) is 9.72 Å². The fraction of sp³-hybridized carbons (Fsp3) is 0.417. The number of pyridine rings is 1. The molecule has 0 radical (unpaired) electrons. The number of carbonyl (C=O) groups is 2. The number of nitrogens with zero attached hydrogens (tertiary/aromatic N) is 1. The van der Waals surface area contributed by atoms with Crippen molar-refractivity contribution in [2.24, 2.45) is 0 Å². The Hall–Kier alpha value is -1.91. The summed E-state index contributed by atoms with van der Waals surface area (Å²) in [5.41, 5.74) is 0.883. The molecular formula is C12H15NO4. The van der Waals surface area contributed by atoms with Crippen LogP contribution in [0.25, 0.3) is 0 Å². The number of esters is 2. The monoisotopic (exact) mass is 237 g/mol. The minimum Gasteiger partial charge on any atom is -0.469 e. The molecule has 0 bridgehead atoms. The van der Waals surface area contributed by atoms with Gasteiger partial charge >= 0.3 is 11.9 Å². The second-order valence-corrected chi connectivity index (χ2v) is 3.44. The molecule has 0 aliphatic rings. The first-order valence-corrected chi connectivity index (χ1v) is 5.25. The predicted octanol–water partition coefficient (Wildman–Crippen LogP) is 1.53. The summed E-state index contributed by atoms with van der Waals surface area (Å²) < 4.78 is 9.37. The Bertz CT molecular complexity index is 417. The molecule has 1 aromatic heterocycles. The summed E-state index contributed by atoms with van der Waals surface area (Å²) in [6, 6.07) is 1.64. The Balaban J connectivity index is 3.19. The smallest absolute Gasteiger partial charge is 0.339 e. The fourth-order valence-electron chi connectivity index (χ4n) is 1.65. The van der Waals surface area contributed by atoms with Gasteiger partial charge in [0.25, 0.3) is 0 Å². The third-order valence-electron chi connectivity index (χ3n) is 2.53. The molecule has 5 heteroatoms. The number of ether oxygens (including phenoxy) is 2. The van der Waals surface area contributed by atoms with Crippen molar-refractivity contribution in [3.05, 3.63) is 29.6 Å². The van der Waals surface area contributed by atoms with E-state index in [1.54, 1.807) is 6.07 Å². The summed E-state index contributed by atoms with van der Waals surface area (Å²) in [6.07, 6.45) is 3.47. The Labute approximate surface area is 99.8 Å². The molecule has 1 heterocycles. The molecule has 0 saturated carbocycles. The van der Waals surface area contributed by atoms with Crippen LogP contribution in [0.5, 0.6) is 0 Å². The third kappa shape index (κ3) is 2.81. The maximum atomic E-state index is 11.6. The molecule has 1 unspecified atom stereocenters. The van der Waals surface area contributed by atoms with E-state index < -0.39 is 11.9 Å². The first-order chi connectivity index (χ1) is 8.15. The molecule has 92 valence electrons. The summed E-state index contributed by atoms with van der Waals surface area (Å²) >= 11 is 0. The van der Waals surface area contributed by atoms with Crippen LogP contribution in [0.1, 0.15) is 35.2 Å². The summed E-state index contributed by atoms with van der Waals surface area (Å²) in [4.78, 5) is 27.0. The van der Waals surface area contributed by atoms with Gasteiger partial charge in [0.1, 0.15) is 0 Å². The van der Waals surface area contributed by atoms with Gasteiger partial charge in [0.15, 0.2) is 0 Å². The Kier molecular flexibility index (Phi) is 4.63. The van der Waals surface area contributed by atoms with Crippen LogP contribution in [-0.4, -0.2) is 31.1 Å². The van der Waals surface area contributed by atoms with Crippen molar-refractivity contribution in [3.8, 4) is 0 Å². The van der Waals surface area contributed by atoms with Crippen molar-refractivity contribution >= 4 is 11.9 Å². The van der Waals surface area contributed by atoms with Crippen molar-refractivity contribution in [2.75, 3.05) is 14.2 Å². The van der Waals surface area contributed by atoms with Gasteiger partial charge in [0, 0.05) is 12.4 Å². The predicted molar refractivity (Wildman–Crippen MR) is 60.6 cm³/mol. The van der Waals surface area contributed by atoms with Crippen LogP contribution in [0.3, 0.4) is 0 Å². The van der Waals surface area contributed by atoms with E-state index in [0.29, 0.717) is 17.5 Å². The van der Waals surface area contributed by atoms with Crippen LogP contribution in [0.2, 0.25) is 0 Å².